The summed E-state index contributed by atoms with van der Waals surface area (Å²) in [6.45, 7) is 4.06. The fourth-order valence-electron chi connectivity index (χ4n) is 2.62. The molecule has 0 atom stereocenters. The molecule has 0 fully saturated rings. The van der Waals surface area contributed by atoms with Gasteiger partial charge in [0.1, 0.15) is 11.6 Å². The van der Waals surface area contributed by atoms with Gasteiger partial charge in [-0.15, -0.1) is 0 Å². The number of rotatable bonds is 5. The molecule has 0 aliphatic carbocycles. The maximum absolute atomic E-state index is 13.5. The maximum atomic E-state index is 13.5. The zero-order valence-electron chi connectivity index (χ0n) is 14.5. The number of hydrogen-bond acceptors (Lipinski definition) is 2. The molecular formula is C20H19F2N3O. The lowest BCUT2D eigenvalue weighted by atomic mass is 10.0. The highest BCUT2D eigenvalue weighted by atomic mass is 19.1. The highest BCUT2D eigenvalue weighted by Crippen LogP contribution is 2.18. The molecule has 1 amide bonds. The van der Waals surface area contributed by atoms with Crippen LogP contribution in [0, 0.1) is 17.6 Å². The fourth-order valence-corrected chi connectivity index (χ4v) is 2.62. The number of carbonyl (C=O) groups is 1. The number of anilines is 1. The van der Waals surface area contributed by atoms with Gasteiger partial charge in [0.25, 0.3) is 5.91 Å². The van der Waals surface area contributed by atoms with Gasteiger partial charge in [-0.05, 0) is 54.8 Å². The summed E-state index contributed by atoms with van der Waals surface area (Å²) in [6.07, 6.45) is 2.19. The Bertz CT molecular complexity index is 917. The molecule has 1 aromatic heterocycles. The summed E-state index contributed by atoms with van der Waals surface area (Å²) >= 11 is 0. The standard InChI is InChI=1S/C20H19F2N3O/c1-13(2)10-19-18(20(26)23-16-8-6-14(21)7-9-16)12-25(24-19)17-5-3-4-15(22)11-17/h3-9,11-13H,10H2,1-2H3,(H,23,26). The number of aromatic nitrogens is 2. The summed E-state index contributed by atoms with van der Waals surface area (Å²) in [5.74, 6) is -0.790. The first-order valence-corrected chi connectivity index (χ1v) is 8.34. The minimum Gasteiger partial charge on any atom is -0.322 e. The van der Waals surface area contributed by atoms with E-state index < -0.39 is 0 Å². The second-order valence-corrected chi connectivity index (χ2v) is 6.47. The average molecular weight is 355 g/mol. The van der Waals surface area contributed by atoms with Gasteiger partial charge >= 0.3 is 0 Å². The molecule has 0 saturated carbocycles. The van der Waals surface area contributed by atoms with Crippen LogP contribution in [-0.2, 0) is 6.42 Å². The first kappa shape index (κ1) is 17.8. The molecule has 3 rings (SSSR count). The Labute approximate surface area is 150 Å². The van der Waals surface area contributed by atoms with Gasteiger partial charge in [-0.2, -0.15) is 5.10 Å². The minimum absolute atomic E-state index is 0.295. The zero-order valence-corrected chi connectivity index (χ0v) is 14.5. The van der Waals surface area contributed by atoms with E-state index in [0.717, 1.165) is 0 Å². The highest BCUT2D eigenvalue weighted by Gasteiger charge is 2.18. The van der Waals surface area contributed by atoms with Crippen LogP contribution in [0.25, 0.3) is 5.69 Å². The Balaban J connectivity index is 1.93. The summed E-state index contributed by atoms with van der Waals surface area (Å²) < 4.78 is 28.0. The lowest BCUT2D eigenvalue weighted by Gasteiger charge is -2.06. The summed E-state index contributed by atoms with van der Waals surface area (Å²) in [6, 6.07) is 11.6. The van der Waals surface area contributed by atoms with Gasteiger partial charge in [-0.3, -0.25) is 4.79 Å². The van der Waals surface area contributed by atoms with Crippen molar-refractivity contribution >= 4 is 11.6 Å². The Kier molecular flexibility index (Phi) is 5.11. The number of benzene rings is 2. The van der Waals surface area contributed by atoms with Crippen LogP contribution in [0.15, 0.2) is 54.7 Å². The second kappa shape index (κ2) is 7.47. The van der Waals surface area contributed by atoms with E-state index >= 15 is 0 Å². The van der Waals surface area contributed by atoms with Crippen molar-refractivity contribution in [3.8, 4) is 5.69 Å². The molecule has 0 unspecified atom stereocenters. The van der Waals surface area contributed by atoms with Crippen molar-refractivity contribution in [1.29, 1.82) is 0 Å². The number of nitrogens with one attached hydrogen (secondary N) is 1. The third kappa shape index (κ3) is 4.14. The first-order chi connectivity index (χ1) is 12.4. The predicted octanol–water partition coefficient (Wildman–Crippen LogP) is 4.60. The van der Waals surface area contributed by atoms with E-state index in [-0.39, 0.29) is 17.5 Å². The Hall–Kier alpha value is -3.02. The average Bonchev–Trinajstić information content (AvgIpc) is 3.00. The van der Waals surface area contributed by atoms with E-state index in [1.54, 1.807) is 18.3 Å². The van der Waals surface area contributed by atoms with Crippen LogP contribution in [0.5, 0.6) is 0 Å². The van der Waals surface area contributed by atoms with Crippen molar-refractivity contribution in [3.05, 3.63) is 77.6 Å². The van der Waals surface area contributed by atoms with Crippen LogP contribution in [0.3, 0.4) is 0 Å². The molecule has 26 heavy (non-hydrogen) atoms. The molecule has 2 aromatic carbocycles. The SMILES string of the molecule is CC(C)Cc1nn(-c2cccc(F)c2)cc1C(=O)Nc1ccc(F)cc1. The molecule has 0 aliphatic heterocycles. The van der Waals surface area contributed by atoms with E-state index in [0.29, 0.717) is 35.0 Å². The van der Waals surface area contributed by atoms with E-state index in [2.05, 4.69) is 10.4 Å². The van der Waals surface area contributed by atoms with Gasteiger partial charge in [-0.1, -0.05) is 19.9 Å². The van der Waals surface area contributed by atoms with Crippen LogP contribution in [-0.4, -0.2) is 15.7 Å². The van der Waals surface area contributed by atoms with Crippen LogP contribution in [0.2, 0.25) is 0 Å². The van der Waals surface area contributed by atoms with Gasteiger partial charge in [0, 0.05) is 11.9 Å². The molecule has 3 aromatic rings. The molecule has 1 N–H and O–H groups in total. The number of nitrogens with zero attached hydrogens (tertiary/aromatic N) is 2. The predicted molar refractivity (Wildman–Crippen MR) is 96.4 cm³/mol. The van der Waals surface area contributed by atoms with Crippen molar-refractivity contribution in [2.24, 2.45) is 5.92 Å². The van der Waals surface area contributed by atoms with Crippen LogP contribution in [0.4, 0.5) is 14.5 Å². The van der Waals surface area contributed by atoms with Gasteiger partial charge in [0.15, 0.2) is 0 Å². The first-order valence-electron chi connectivity index (χ1n) is 8.34. The summed E-state index contributed by atoms with van der Waals surface area (Å²) in [5.41, 5.74) is 2.07. The van der Waals surface area contributed by atoms with Crippen molar-refractivity contribution in [2.45, 2.75) is 20.3 Å². The fraction of sp³-hybridized carbons (Fsp3) is 0.200. The number of carbonyl (C=O) groups excluding carboxylic acids is 1. The van der Waals surface area contributed by atoms with Crippen molar-refractivity contribution in [2.75, 3.05) is 5.32 Å². The van der Waals surface area contributed by atoms with Gasteiger partial charge < -0.3 is 5.32 Å². The molecular weight excluding hydrogens is 336 g/mol. The molecule has 1 heterocycles. The van der Waals surface area contributed by atoms with E-state index in [4.69, 9.17) is 0 Å². The van der Waals surface area contributed by atoms with Crippen LogP contribution >= 0.6 is 0 Å². The molecule has 4 nitrogen and oxygen atoms in total. The molecule has 0 spiro atoms. The lowest BCUT2D eigenvalue weighted by Crippen LogP contribution is -2.14. The smallest absolute Gasteiger partial charge is 0.259 e. The van der Waals surface area contributed by atoms with E-state index in [9.17, 15) is 13.6 Å². The van der Waals surface area contributed by atoms with Gasteiger partial charge in [0.2, 0.25) is 0 Å². The minimum atomic E-state index is -0.374. The molecule has 0 aliphatic rings. The number of hydrogen-bond donors (Lipinski definition) is 1. The third-order valence-electron chi connectivity index (χ3n) is 3.81. The molecule has 0 saturated heterocycles. The molecule has 134 valence electrons. The second-order valence-electron chi connectivity index (χ2n) is 6.47. The third-order valence-corrected chi connectivity index (χ3v) is 3.81. The zero-order chi connectivity index (χ0) is 18.7. The molecule has 0 radical (unpaired) electrons. The topological polar surface area (TPSA) is 46.9 Å². The van der Waals surface area contributed by atoms with Crippen molar-refractivity contribution in [1.82, 2.24) is 9.78 Å². The van der Waals surface area contributed by atoms with E-state index in [1.165, 1.54) is 41.1 Å². The number of amides is 1. The monoisotopic (exact) mass is 355 g/mol. The Morgan fingerprint density at radius 1 is 1.12 bits per heavy atom. The molecule has 0 bridgehead atoms. The summed E-state index contributed by atoms with van der Waals surface area (Å²) in [5, 5.41) is 7.21. The maximum Gasteiger partial charge on any atom is 0.259 e. The summed E-state index contributed by atoms with van der Waals surface area (Å²) in [7, 11) is 0. The highest BCUT2D eigenvalue weighted by molar-refractivity contribution is 6.05. The quantitative estimate of drug-likeness (QED) is 0.727. The van der Waals surface area contributed by atoms with Crippen LogP contribution in [0.1, 0.15) is 29.9 Å². The van der Waals surface area contributed by atoms with E-state index in [1.807, 2.05) is 13.8 Å². The van der Waals surface area contributed by atoms with Gasteiger partial charge in [0.05, 0.1) is 16.9 Å². The Morgan fingerprint density at radius 3 is 2.50 bits per heavy atom. The normalized spacial score (nSPS) is 11.0. The Morgan fingerprint density at radius 2 is 1.85 bits per heavy atom. The van der Waals surface area contributed by atoms with Gasteiger partial charge in [-0.25, -0.2) is 13.5 Å². The van der Waals surface area contributed by atoms with Crippen molar-refractivity contribution in [3.63, 3.8) is 0 Å². The summed E-state index contributed by atoms with van der Waals surface area (Å²) in [4.78, 5) is 12.7. The van der Waals surface area contributed by atoms with Crippen molar-refractivity contribution < 1.29 is 13.6 Å². The molecule has 6 heteroatoms. The lowest BCUT2D eigenvalue weighted by molar-refractivity contribution is 0.102. The number of halogens is 2. The largest absolute Gasteiger partial charge is 0.322 e. The van der Waals surface area contributed by atoms with Crippen LogP contribution < -0.4 is 5.32 Å².